The molecule has 5 nitrogen and oxygen atoms in total. The van der Waals surface area contributed by atoms with Gasteiger partial charge in [-0.15, -0.1) is 11.8 Å². The van der Waals surface area contributed by atoms with E-state index in [2.05, 4.69) is 10.9 Å². The first-order valence-corrected chi connectivity index (χ1v) is 9.83. The summed E-state index contributed by atoms with van der Waals surface area (Å²) in [6, 6.07) is 23.0. The Morgan fingerprint density at radius 1 is 0.828 bits per heavy atom. The molecule has 2 N–H and O–H groups in total. The van der Waals surface area contributed by atoms with Crippen molar-refractivity contribution in [1.82, 2.24) is 10.9 Å². The minimum absolute atomic E-state index is 0.0869. The Balaban J connectivity index is 1.44. The fourth-order valence-electron chi connectivity index (χ4n) is 2.48. The van der Waals surface area contributed by atoms with E-state index < -0.39 is 5.91 Å². The predicted molar refractivity (Wildman–Crippen MR) is 111 cm³/mol. The fraction of sp³-hybridized carbons (Fsp3) is 0.0909. The highest BCUT2D eigenvalue weighted by Gasteiger charge is 2.09. The van der Waals surface area contributed by atoms with Crippen molar-refractivity contribution in [3.63, 3.8) is 0 Å². The van der Waals surface area contributed by atoms with E-state index in [1.165, 1.54) is 23.9 Å². The second-order valence-corrected chi connectivity index (χ2v) is 7.04. The van der Waals surface area contributed by atoms with Crippen molar-refractivity contribution in [1.29, 1.82) is 0 Å². The van der Waals surface area contributed by atoms with Crippen molar-refractivity contribution >= 4 is 23.6 Å². The molecule has 3 aromatic carbocycles. The van der Waals surface area contributed by atoms with Crippen LogP contribution in [0.1, 0.15) is 0 Å². The molecule has 0 atom stereocenters. The van der Waals surface area contributed by atoms with E-state index in [1.807, 2.05) is 48.5 Å². The van der Waals surface area contributed by atoms with E-state index in [0.29, 0.717) is 5.75 Å². The van der Waals surface area contributed by atoms with E-state index >= 15 is 0 Å². The molecular formula is C22H19FN2O3S. The second-order valence-electron chi connectivity index (χ2n) is 5.99. The number of hydrogen-bond donors (Lipinski definition) is 2. The molecule has 0 saturated carbocycles. The van der Waals surface area contributed by atoms with Crippen LogP contribution in [0.25, 0.3) is 11.1 Å². The second kappa shape index (κ2) is 10.3. The van der Waals surface area contributed by atoms with Crippen LogP contribution in [-0.4, -0.2) is 24.2 Å². The molecule has 0 unspecified atom stereocenters. The highest BCUT2D eigenvalue weighted by molar-refractivity contribution is 8.00. The molecular weight excluding hydrogens is 391 g/mol. The summed E-state index contributed by atoms with van der Waals surface area (Å²) in [5.41, 5.74) is 6.51. The molecule has 0 bridgehead atoms. The third-order valence-corrected chi connectivity index (χ3v) is 4.87. The van der Waals surface area contributed by atoms with Crippen molar-refractivity contribution in [2.45, 2.75) is 4.90 Å². The van der Waals surface area contributed by atoms with Crippen LogP contribution in [0.2, 0.25) is 0 Å². The minimum Gasteiger partial charge on any atom is -0.483 e. The summed E-state index contributed by atoms with van der Waals surface area (Å²) in [7, 11) is 0. The van der Waals surface area contributed by atoms with Gasteiger partial charge in [0.25, 0.3) is 5.91 Å². The molecule has 0 saturated heterocycles. The number of para-hydroxylation sites is 1. The molecule has 148 valence electrons. The van der Waals surface area contributed by atoms with Gasteiger partial charge in [0.15, 0.2) is 6.61 Å². The molecule has 0 spiro atoms. The monoisotopic (exact) mass is 410 g/mol. The molecule has 3 aromatic rings. The Hall–Kier alpha value is -3.32. The SMILES string of the molecule is O=C(COc1ccccc1-c1ccccc1)NNC(=O)CSc1ccc(F)cc1. The Morgan fingerprint density at radius 2 is 1.48 bits per heavy atom. The Morgan fingerprint density at radius 3 is 2.24 bits per heavy atom. The van der Waals surface area contributed by atoms with E-state index in [1.54, 1.807) is 18.2 Å². The number of nitrogens with one attached hydrogen (secondary N) is 2. The molecule has 0 heterocycles. The number of carbonyl (C=O) groups excluding carboxylic acids is 2. The molecule has 0 radical (unpaired) electrons. The summed E-state index contributed by atoms with van der Waals surface area (Å²) in [4.78, 5) is 24.6. The first-order valence-electron chi connectivity index (χ1n) is 8.85. The summed E-state index contributed by atoms with van der Waals surface area (Å²) in [5, 5.41) is 0. The molecule has 7 heteroatoms. The lowest BCUT2D eigenvalue weighted by atomic mass is 10.1. The van der Waals surface area contributed by atoms with E-state index in [9.17, 15) is 14.0 Å². The van der Waals surface area contributed by atoms with Gasteiger partial charge >= 0.3 is 0 Å². The van der Waals surface area contributed by atoms with Gasteiger partial charge in [0.2, 0.25) is 5.91 Å². The Bertz CT molecular complexity index is 965. The zero-order valence-corrected chi connectivity index (χ0v) is 16.2. The van der Waals surface area contributed by atoms with Gasteiger partial charge in [0.05, 0.1) is 5.75 Å². The van der Waals surface area contributed by atoms with Gasteiger partial charge in [0.1, 0.15) is 11.6 Å². The minimum atomic E-state index is -0.479. The number of amides is 2. The topological polar surface area (TPSA) is 67.4 Å². The quantitative estimate of drug-likeness (QED) is 0.459. The molecule has 2 amide bonds. The maximum absolute atomic E-state index is 12.9. The van der Waals surface area contributed by atoms with Gasteiger partial charge in [-0.1, -0.05) is 48.5 Å². The summed E-state index contributed by atoms with van der Waals surface area (Å²) in [6.07, 6.45) is 0. The van der Waals surface area contributed by atoms with Crippen LogP contribution < -0.4 is 15.6 Å². The number of thioether (sulfide) groups is 1. The van der Waals surface area contributed by atoms with Gasteiger partial charge in [-0.05, 0) is 35.9 Å². The van der Waals surface area contributed by atoms with Crippen molar-refractivity contribution < 1.29 is 18.7 Å². The normalized spacial score (nSPS) is 10.2. The Labute approximate surface area is 172 Å². The largest absolute Gasteiger partial charge is 0.483 e. The van der Waals surface area contributed by atoms with E-state index in [0.717, 1.165) is 16.0 Å². The Kier molecular flexibility index (Phi) is 7.24. The molecule has 0 aliphatic heterocycles. The number of ether oxygens (including phenoxy) is 1. The van der Waals surface area contributed by atoms with Crippen molar-refractivity contribution in [2.75, 3.05) is 12.4 Å². The first kappa shape index (κ1) is 20.4. The summed E-state index contributed by atoms with van der Waals surface area (Å²) < 4.78 is 18.5. The molecule has 0 aromatic heterocycles. The van der Waals surface area contributed by atoms with E-state index in [-0.39, 0.29) is 24.1 Å². The number of rotatable bonds is 7. The van der Waals surface area contributed by atoms with Crippen molar-refractivity contribution in [3.8, 4) is 16.9 Å². The third kappa shape index (κ3) is 6.36. The number of halogens is 1. The lowest BCUT2D eigenvalue weighted by Crippen LogP contribution is -2.44. The fourth-order valence-corrected chi connectivity index (χ4v) is 3.18. The predicted octanol–water partition coefficient (Wildman–Crippen LogP) is 3.81. The van der Waals surface area contributed by atoms with Crippen LogP contribution >= 0.6 is 11.8 Å². The van der Waals surface area contributed by atoms with Crippen molar-refractivity contribution in [2.24, 2.45) is 0 Å². The molecule has 0 aliphatic rings. The van der Waals surface area contributed by atoms with Crippen LogP contribution in [0.15, 0.2) is 83.8 Å². The first-order chi connectivity index (χ1) is 14.1. The summed E-state index contributed by atoms with van der Waals surface area (Å²) in [5.74, 6) is -0.527. The highest BCUT2D eigenvalue weighted by Crippen LogP contribution is 2.29. The molecule has 3 rings (SSSR count). The molecule has 0 fully saturated rings. The lowest BCUT2D eigenvalue weighted by molar-refractivity contribution is -0.128. The van der Waals surface area contributed by atoms with Gasteiger partial charge in [-0.3, -0.25) is 20.4 Å². The number of carbonyl (C=O) groups is 2. The maximum Gasteiger partial charge on any atom is 0.276 e. The molecule has 0 aliphatic carbocycles. The average Bonchev–Trinajstić information content (AvgIpc) is 2.76. The highest BCUT2D eigenvalue weighted by atomic mass is 32.2. The van der Waals surface area contributed by atoms with Crippen LogP contribution in [-0.2, 0) is 9.59 Å². The summed E-state index contributed by atoms with van der Waals surface area (Å²) >= 11 is 1.24. The van der Waals surface area contributed by atoms with Crippen LogP contribution in [0, 0.1) is 5.82 Å². The van der Waals surface area contributed by atoms with Crippen molar-refractivity contribution in [3.05, 3.63) is 84.7 Å². The molecule has 29 heavy (non-hydrogen) atoms. The maximum atomic E-state index is 12.9. The van der Waals surface area contributed by atoms with Gasteiger partial charge < -0.3 is 4.74 Å². The number of hydrogen-bond acceptors (Lipinski definition) is 4. The zero-order valence-electron chi connectivity index (χ0n) is 15.4. The van der Waals surface area contributed by atoms with E-state index in [4.69, 9.17) is 4.74 Å². The van der Waals surface area contributed by atoms with Gasteiger partial charge in [-0.25, -0.2) is 4.39 Å². The average molecular weight is 410 g/mol. The smallest absolute Gasteiger partial charge is 0.276 e. The van der Waals surface area contributed by atoms with Crippen LogP contribution in [0.5, 0.6) is 5.75 Å². The lowest BCUT2D eigenvalue weighted by Gasteiger charge is -2.12. The number of benzene rings is 3. The zero-order chi connectivity index (χ0) is 20.5. The standard InChI is InChI=1S/C22H19FN2O3S/c23-17-10-12-18(13-11-17)29-15-22(27)25-24-21(26)14-28-20-9-5-4-8-19(20)16-6-2-1-3-7-16/h1-13H,14-15H2,(H,24,26)(H,25,27). The summed E-state index contributed by atoms with van der Waals surface area (Å²) in [6.45, 7) is -0.241. The van der Waals surface area contributed by atoms with Gasteiger partial charge in [0, 0.05) is 10.5 Å². The number of hydrazine groups is 1. The third-order valence-electron chi connectivity index (χ3n) is 3.86. The van der Waals surface area contributed by atoms with Crippen LogP contribution in [0.4, 0.5) is 4.39 Å². The van der Waals surface area contributed by atoms with Crippen LogP contribution in [0.3, 0.4) is 0 Å². The van der Waals surface area contributed by atoms with Gasteiger partial charge in [-0.2, -0.15) is 0 Å².